The number of rotatable bonds is 6. The lowest BCUT2D eigenvalue weighted by atomic mass is 10.4. The maximum absolute atomic E-state index is 5.82. The summed E-state index contributed by atoms with van der Waals surface area (Å²) in [7, 11) is 1.90. The van der Waals surface area contributed by atoms with Gasteiger partial charge in [-0.3, -0.25) is 0 Å². The van der Waals surface area contributed by atoms with E-state index < -0.39 is 0 Å². The Hall–Kier alpha value is -1.96. The number of hydrogen-bond acceptors (Lipinski definition) is 7. The van der Waals surface area contributed by atoms with Gasteiger partial charge in [-0.2, -0.15) is 15.0 Å². The van der Waals surface area contributed by atoms with Crippen molar-refractivity contribution >= 4 is 23.5 Å². The Morgan fingerprint density at radius 2 is 1.95 bits per heavy atom. The van der Waals surface area contributed by atoms with E-state index in [4.69, 9.17) is 11.6 Å². The SMILES string of the molecule is CCNc1nc(Cl)nc(NCCc2nncn2C)n1. The second kappa shape index (κ2) is 6.28. The normalized spacial score (nSPS) is 10.5. The molecule has 0 saturated carbocycles. The smallest absolute Gasteiger partial charge is 0.228 e. The lowest BCUT2D eigenvalue weighted by Gasteiger charge is -2.07. The van der Waals surface area contributed by atoms with Crippen LogP contribution in [0.4, 0.5) is 11.9 Å². The molecule has 0 aliphatic carbocycles. The third-order valence-electron chi connectivity index (χ3n) is 2.38. The molecule has 102 valence electrons. The molecule has 2 rings (SSSR count). The molecule has 0 aromatic carbocycles. The summed E-state index contributed by atoms with van der Waals surface area (Å²) in [6.45, 7) is 3.32. The minimum absolute atomic E-state index is 0.159. The molecule has 0 aliphatic rings. The highest BCUT2D eigenvalue weighted by Crippen LogP contribution is 2.09. The van der Waals surface area contributed by atoms with Crippen LogP contribution in [0.3, 0.4) is 0 Å². The summed E-state index contributed by atoms with van der Waals surface area (Å²) in [5.41, 5.74) is 0. The Balaban J connectivity index is 1.94. The minimum atomic E-state index is 0.159. The van der Waals surface area contributed by atoms with Gasteiger partial charge in [0, 0.05) is 26.6 Å². The molecule has 0 bridgehead atoms. The summed E-state index contributed by atoms with van der Waals surface area (Å²) in [4.78, 5) is 12.2. The fourth-order valence-corrected chi connectivity index (χ4v) is 1.65. The van der Waals surface area contributed by atoms with Crippen LogP contribution < -0.4 is 10.6 Å². The van der Waals surface area contributed by atoms with Crippen LogP contribution in [0.15, 0.2) is 6.33 Å². The van der Waals surface area contributed by atoms with Crippen molar-refractivity contribution < 1.29 is 0 Å². The highest BCUT2D eigenvalue weighted by atomic mass is 35.5. The molecule has 0 spiro atoms. The number of nitrogens with one attached hydrogen (secondary N) is 2. The molecule has 9 heteroatoms. The Morgan fingerprint density at radius 1 is 1.21 bits per heavy atom. The molecular formula is C10H15ClN8. The molecule has 0 unspecified atom stereocenters. The molecule has 0 saturated heterocycles. The zero-order valence-corrected chi connectivity index (χ0v) is 11.5. The maximum Gasteiger partial charge on any atom is 0.228 e. The van der Waals surface area contributed by atoms with Crippen molar-refractivity contribution in [2.75, 3.05) is 23.7 Å². The number of aromatic nitrogens is 6. The molecular weight excluding hydrogens is 268 g/mol. The first kappa shape index (κ1) is 13.5. The van der Waals surface area contributed by atoms with E-state index in [1.807, 2.05) is 18.5 Å². The Bertz CT molecular complexity index is 540. The van der Waals surface area contributed by atoms with Crippen molar-refractivity contribution in [3.63, 3.8) is 0 Å². The summed E-state index contributed by atoms with van der Waals surface area (Å²) in [6.07, 6.45) is 2.38. The molecule has 0 aliphatic heterocycles. The minimum Gasteiger partial charge on any atom is -0.354 e. The van der Waals surface area contributed by atoms with E-state index in [0.29, 0.717) is 18.4 Å². The third-order valence-corrected chi connectivity index (χ3v) is 2.55. The number of halogens is 1. The summed E-state index contributed by atoms with van der Waals surface area (Å²) < 4.78 is 1.87. The molecule has 0 amide bonds. The molecule has 2 aromatic rings. The number of nitrogens with zero attached hydrogens (tertiary/aromatic N) is 6. The van der Waals surface area contributed by atoms with Crippen molar-refractivity contribution in [3.8, 4) is 0 Å². The van der Waals surface area contributed by atoms with Crippen LogP contribution in [-0.2, 0) is 13.5 Å². The van der Waals surface area contributed by atoms with E-state index in [0.717, 1.165) is 18.8 Å². The topological polar surface area (TPSA) is 93.4 Å². The van der Waals surface area contributed by atoms with Crippen LogP contribution in [0.5, 0.6) is 0 Å². The predicted octanol–water partition coefficient (Wildman–Crippen LogP) is 0.740. The van der Waals surface area contributed by atoms with E-state index in [1.54, 1.807) is 6.33 Å². The highest BCUT2D eigenvalue weighted by Gasteiger charge is 2.05. The molecule has 2 heterocycles. The van der Waals surface area contributed by atoms with Crippen molar-refractivity contribution in [3.05, 3.63) is 17.4 Å². The van der Waals surface area contributed by atoms with Gasteiger partial charge in [0.05, 0.1) is 0 Å². The van der Waals surface area contributed by atoms with Gasteiger partial charge in [-0.15, -0.1) is 10.2 Å². The number of anilines is 2. The first-order valence-corrected chi connectivity index (χ1v) is 6.29. The average molecular weight is 283 g/mol. The molecule has 0 atom stereocenters. The van der Waals surface area contributed by atoms with Crippen LogP contribution in [0.1, 0.15) is 12.7 Å². The van der Waals surface area contributed by atoms with E-state index in [-0.39, 0.29) is 5.28 Å². The summed E-state index contributed by atoms with van der Waals surface area (Å²) in [5.74, 6) is 1.79. The lowest BCUT2D eigenvalue weighted by molar-refractivity contribution is 0.785. The number of hydrogen-bond donors (Lipinski definition) is 2. The largest absolute Gasteiger partial charge is 0.354 e. The van der Waals surface area contributed by atoms with Crippen molar-refractivity contribution in [2.45, 2.75) is 13.3 Å². The second-order valence-corrected chi connectivity index (χ2v) is 4.15. The first-order valence-electron chi connectivity index (χ1n) is 5.91. The molecule has 0 fully saturated rings. The summed E-state index contributed by atoms with van der Waals surface area (Å²) in [6, 6.07) is 0. The quantitative estimate of drug-likeness (QED) is 0.807. The van der Waals surface area contributed by atoms with E-state index in [2.05, 4.69) is 35.8 Å². The molecule has 2 N–H and O–H groups in total. The fourth-order valence-electron chi connectivity index (χ4n) is 1.49. The van der Waals surface area contributed by atoms with Gasteiger partial charge in [-0.05, 0) is 18.5 Å². The van der Waals surface area contributed by atoms with Crippen molar-refractivity contribution in [1.29, 1.82) is 0 Å². The van der Waals surface area contributed by atoms with Gasteiger partial charge in [0.25, 0.3) is 0 Å². The molecule has 8 nitrogen and oxygen atoms in total. The molecule has 19 heavy (non-hydrogen) atoms. The predicted molar refractivity (Wildman–Crippen MR) is 72.2 cm³/mol. The zero-order valence-electron chi connectivity index (χ0n) is 10.8. The highest BCUT2D eigenvalue weighted by molar-refractivity contribution is 6.28. The van der Waals surface area contributed by atoms with Gasteiger partial charge in [0.15, 0.2) is 0 Å². The Morgan fingerprint density at radius 3 is 2.58 bits per heavy atom. The molecule has 0 radical (unpaired) electrons. The molecule has 2 aromatic heterocycles. The summed E-state index contributed by atoms with van der Waals surface area (Å²) in [5, 5.41) is 14.0. The zero-order chi connectivity index (χ0) is 13.7. The second-order valence-electron chi connectivity index (χ2n) is 3.82. The fraction of sp³-hybridized carbons (Fsp3) is 0.500. The van der Waals surface area contributed by atoms with Crippen molar-refractivity contribution in [1.82, 2.24) is 29.7 Å². The maximum atomic E-state index is 5.82. The third kappa shape index (κ3) is 3.75. The first-order chi connectivity index (χ1) is 9.19. The lowest BCUT2D eigenvalue weighted by Crippen LogP contribution is -2.12. The average Bonchev–Trinajstić information content (AvgIpc) is 2.75. The van der Waals surface area contributed by atoms with E-state index in [1.165, 1.54) is 0 Å². The monoisotopic (exact) mass is 282 g/mol. The van der Waals surface area contributed by atoms with Gasteiger partial charge in [0.2, 0.25) is 17.2 Å². The van der Waals surface area contributed by atoms with Crippen LogP contribution in [0.25, 0.3) is 0 Å². The van der Waals surface area contributed by atoms with Crippen molar-refractivity contribution in [2.24, 2.45) is 7.05 Å². The van der Waals surface area contributed by atoms with Crippen LogP contribution in [-0.4, -0.2) is 42.8 Å². The van der Waals surface area contributed by atoms with Gasteiger partial charge < -0.3 is 15.2 Å². The summed E-state index contributed by atoms with van der Waals surface area (Å²) >= 11 is 5.82. The van der Waals surface area contributed by atoms with Crippen LogP contribution in [0, 0.1) is 0 Å². The van der Waals surface area contributed by atoms with Crippen LogP contribution >= 0.6 is 11.6 Å². The van der Waals surface area contributed by atoms with Gasteiger partial charge in [-0.1, -0.05) is 0 Å². The Kier molecular flexibility index (Phi) is 4.45. The van der Waals surface area contributed by atoms with E-state index >= 15 is 0 Å². The van der Waals surface area contributed by atoms with Crippen LogP contribution in [0.2, 0.25) is 5.28 Å². The standard InChI is InChI=1S/C10H15ClN8/c1-3-12-9-15-8(11)16-10(17-9)13-5-4-7-18-14-6-19(7)2/h6H,3-5H2,1-2H3,(H2,12,13,15,16,17). The van der Waals surface area contributed by atoms with Gasteiger partial charge >= 0.3 is 0 Å². The van der Waals surface area contributed by atoms with Gasteiger partial charge in [-0.25, -0.2) is 0 Å². The Labute approximate surface area is 115 Å². The van der Waals surface area contributed by atoms with E-state index in [9.17, 15) is 0 Å². The van der Waals surface area contributed by atoms with Gasteiger partial charge in [0.1, 0.15) is 12.2 Å². The number of aryl methyl sites for hydroxylation is 1.